The van der Waals surface area contributed by atoms with Crippen molar-refractivity contribution in [3.05, 3.63) is 77.0 Å². The maximum absolute atomic E-state index is 13.3. The van der Waals surface area contributed by atoms with E-state index in [1.807, 2.05) is 50.8 Å². The number of carbonyl (C=O) groups is 2. The van der Waals surface area contributed by atoms with Crippen molar-refractivity contribution in [2.24, 2.45) is 10.7 Å². The first-order chi connectivity index (χ1) is 25.4. The maximum atomic E-state index is 13.3. The number of aryl methyl sites for hydroxylation is 1. The van der Waals surface area contributed by atoms with Crippen LogP contribution in [0.2, 0.25) is 0 Å². The molecule has 0 aliphatic carbocycles. The number of aromatic amines is 1. The van der Waals surface area contributed by atoms with E-state index in [9.17, 15) is 22.8 Å². The molecule has 12 nitrogen and oxygen atoms in total. The second-order valence-corrected chi connectivity index (χ2v) is 15.5. The number of nitrogens with one attached hydrogen (secondary N) is 2. The van der Waals surface area contributed by atoms with Crippen molar-refractivity contribution in [3.8, 4) is 11.1 Å². The van der Waals surface area contributed by atoms with E-state index in [-0.39, 0.29) is 24.0 Å². The predicted molar refractivity (Wildman–Crippen MR) is 202 cm³/mol. The fourth-order valence-corrected chi connectivity index (χ4v) is 6.44. The first-order valence-electron chi connectivity index (χ1n) is 18.3. The normalized spacial score (nSPS) is 17.3. The molecule has 5 rings (SSSR count). The van der Waals surface area contributed by atoms with E-state index in [4.69, 9.17) is 10.5 Å². The van der Waals surface area contributed by atoms with Gasteiger partial charge >= 0.3 is 12.3 Å². The Balaban J connectivity index is 1.08. The van der Waals surface area contributed by atoms with Gasteiger partial charge in [0.05, 0.1) is 17.8 Å². The zero-order valence-corrected chi connectivity index (χ0v) is 32.0. The van der Waals surface area contributed by atoms with Crippen molar-refractivity contribution in [1.29, 1.82) is 0 Å². The van der Waals surface area contributed by atoms with Crippen LogP contribution in [0.25, 0.3) is 11.1 Å². The highest BCUT2D eigenvalue weighted by molar-refractivity contribution is 6.12. The van der Waals surface area contributed by atoms with Crippen molar-refractivity contribution in [2.45, 2.75) is 90.7 Å². The average molecular weight is 752 g/mol. The Kier molecular flexibility index (Phi) is 12.5. The predicted octanol–water partition coefficient (Wildman–Crippen LogP) is 6.00. The molecule has 0 spiro atoms. The summed E-state index contributed by atoms with van der Waals surface area (Å²) < 4.78 is 45.5. The summed E-state index contributed by atoms with van der Waals surface area (Å²) in [6, 6.07) is 15.0. The molecule has 0 unspecified atom stereocenters. The van der Waals surface area contributed by atoms with Crippen LogP contribution in [0.1, 0.15) is 70.2 Å². The van der Waals surface area contributed by atoms with Crippen molar-refractivity contribution in [3.63, 3.8) is 0 Å². The second kappa shape index (κ2) is 16.7. The van der Waals surface area contributed by atoms with Crippen LogP contribution >= 0.6 is 0 Å². The van der Waals surface area contributed by atoms with Crippen LogP contribution in [0.15, 0.2) is 59.2 Å². The summed E-state index contributed by atoms with van der Waals surface area (Å²) >= 11 is 0. The van der Waals surface area contributed by atoms with Crippen LogP contribution in [0.5, 0.6) is 0 Å². The Bertz CT molecular complexity index is 1810. The third kappa shape index (κ3) is 10.3. The zero-order chi connectivity index (χ0) is 39.3. The van der Waals surface area contributed by atoms with Gasteiger partial charge in [0, 0.05) is 51.2 Å². The highest BCUT2D eigenvalue weighted by Crippen LogP contribution is 2.38. The summed E-state index contributed by atoms with van der Waals surface area (Å²) in [7, 11) is 0. The third-order valence-corrected chi connectivity index (χ3v) is 9.93. The minimum absolute atomic E-state index is 0.0757. The Morgan fingerprint density at radius 3 is 2.22 bits per heavy atom. The van der Waals surface area contributed by atoms with Gasteiger partial charge in [-0.25, -0.2) is 9.78 Å². The second-order valence-electron chi connectivity index (χ2n) is 15.5. The molecule has 15 heteroatoms. The number of amides is 2. The van der Waals surface area contributed by atoms with Gasteiger partial charge < -0.3 is 20.7 Å². The summed E-state index contributed by atoms with van der Waals surface area (Å²) in [5.41, 5.74) is 7.98. The number of halogens is 3. The lowest BCUT2D eigenvalue weighted by molar-refractivity contribution is -0.182. The number of piperazine rings is 1. The lowest BCUT2D eigenvalue weighted by atomic mass is 9.92. The highest BCUT2D eigenvalue weighted by Gasteiger charge is 2.51. The molecule has 0 saturated carbocycles. The van der Waals surface area contributed by atoms with E-state index < -0.39 is 28.9 Å². The summed E-state index contributed by atoms with van der Waals surface area (Å²) in [5, 5.41) is 8.70. The number of ether oxygens (including phenoxy) is 1. The van der Waals surface area contributed by atoms with Gasteiger partial charge in [-0.15, -0.1) is 0 Å². The molecule has 292 valence electrons. The van der Waals surface area contributed by atoms with Gasteiger partial charge in [0.2, 0.25) is 0 Å². The monoisotopic (exact) mass is 751 g/mol. The molecule has 54 heavy (non-hydrogen) atoms. The molecule has 4 N–H and O–H groups in total. The van der Waals surface area contributed by atoms with Crippen molar-refractivity contribution >= 4 is 23.9 Å². The molecular formula is C39H52F3N9O3. The Hall–Kier alpha value is -4.76. The Morgan fingerprint density at radius 2 is 1.63 bits per heavy atom. The van der Waals surface area contributed by atoms with E-state index in [0.717, 1.165) is 82.3 Å². The molecule has 3 heterocycles. The van der Waals surface area contributed by atoms with Crippen molar-refractivity contribution in [1.82, 2.24) is 35.2 Å². The van der Waals surface area contributed by atoms with Crippen LogP contribution in [-0.2, 0) is 28.0 Å². The number of hydrogen-bond donors (Lipinski definition) is 3. The number of hydrogen-bond acceptors (Lipinski definition) is 9. The lowest BCUT2D eigenvalue weighted by Gasteiger charge is -2.42. The number of alkyl halides is 3. The number of aromatic nitrogens is 3. The van der Waals surface area contributed by atoms with Gasteiger partial charge in [0.1, 0.15) is 16.8 Å². The number of piperidine rings is 1. The van der Waals surface area contributed by atoms with Crippen LogP contribution in [0.4, 0.5) is 23.7 Å². The fraction of sp³-hybridized carbons (Fsp3) is 0.513. The molecule has 2 aliphatic heterocycles. The Labute approximate surface area is 315 Å². The smallest absolute Gasteiger partial charge is 0.410 e. The van der Waals surface area contributed by atoms with E-state index >= 15 is 0 Å². The third-order valence-electron chi connectivity index (χ3n) is 9.93. The summed E-state index contributed by atoms with van der Waals surface area (Å²) in [5.74, 6) is -0.904. The number of nitrogens with two attached hydrogens (primary N) is 1. The first kappa shape index (κ1) is 40.4. The van der Waals surface area contributed by atoms with E-state index in [0.29, 0.717) is 24.8 Å². The van der Waals surface area contributed by atoms with Crippen LogP contribution in [0, 0.1) is 6.92 Å². The van der Waals surface area contributed by atoms with Crippen LogP contribution in [0.3, 0.4) is 0 Å². The molecule has 2 amide bonds. The summed E-state index contributed by atoms with van der Waals surface area (Å²) in [6.07, 6.45) is -0.0677. The lowest BCUT2D eigenvalue weighted by Crippen LogP contribution is -2.54. The number of nitrogens with zero attached hydrogens (tertiary/aromatic N) is 6. The number of benzene rings is 2. The van der Waals surface area contributed by atoms with E-state index in [1.54, 1.807) is 0 Å². The number of rotatable bonds is 10. The topological polar surface area (TPSA) is 145 Å². The molecular weight excluding hydrogens is 699 g/mol. The summed E-state index contributed by atoms with van der Waals surface area (Å²) in [4.78, 5) is 40.4. The largest absolute Gasteiger partial charge is 0.444 e. The molecule has 0 radical (unpaired) electrons. The molecule has 3 aromatic rings. The zero-order valence-electron chi connectivity index (χ0n) is 32.0. The van der Waals surface area contributed by atoms with Crippen molar-refractivity contribution < 1.29 is 27.5 Å². The average Bonchev–Trinajstić information content (AvgIpc) is 3.61. The molecule has 0 atom stereocenters. The van der Waals surface area contributed by atoms with Crippen LogP contribution in [-0.4, -0.2) is 105 Å². The first-order valence-corrected chi connectivity index (χ1v) is 18.3. The summed E-state index contributed by atoms with van der Waals surface area (Å²) in [6.45, 7) is 15.6. The Morgan fingerprint density at radius 1 is 0.981 bits per heavy atom. The minimum atomic E-state index is -4.53. The van der Waals surface area contributed by atoms with Gasteiger partial charge in [-0.1, -0.05) is 30.3 Å². The maximum Gasteiger partial charge on any atom is 0.410 e. The van der Waals surface area contributed by atoms with Gasteiger partial charge in [-0.05, 0) is 102 Å². The van der Waals surface area contributed by atoms with E-state index in [1.165, 1.54) is 11.8 Å². The van der Waals surface area contributed by atoms with Gasteiger partial charge in [-0.3, -0.25) is 24.7 Å². The minimum Gasteiger partial charge on any atom is -0.444 e. The molecule has 1 aromatic heterocycles. The molecule has 2 fully saturated rings. The number of carbonyl (C=O) groups excluding carboxylic acids is 2. The van der Waals surface area contributed by atoms with Gasteiger partial charge in [-0.2, -0.15) is 18.3 Å². The standard InChI is InChI=1S/C39H52F3N9O3/c1-26-21-29(11-12-32(26)44-23-30(22-43)34(52)45-24-33-46-35(48-47-33)38(5,6)39(40,41)42)28-9-7-27(8-10-28)25-49-15-13-31(14-16-49)50-17-19-51(20-18-50)36(53)54-37(2,3)4/h7-12,21-23,31H,13-20,24-25,43H2,1-6H3,(H,45,52)(H,46,47,48)/b30-22+,44-23?. The molecule has 0 bridgehead atoms. The highest BCUT2D eigenvalue weighted by atomic mass is 19.4. The number of H-pyrrole nitrogens is 1. The quantitative estimate of drug-likeness (QED) is 0.169. The fourth-order valence-electron chi connectivity index (χ4n) is 6.44. The number of aliphatic imine (C=N–C) groups is 1. The molecule has 2 aliphatic rings. The number of likely N-dealkylation sites (tertiary alicyclic amines) is 1. The van der Waals surface area contributed by atoms with Gasteiger partial charge in [0.25, 0.3) is 5.91 Å². The van der Waals surface area contributed by atoms with Gasteiger partial charge in [0.15, 0.2) is 5.82 Å². The molecule has 2 aromatic carbocycles. The van der Waals surface area contributed by atoms with Crippen molar-refractivity contribution in [2.75, 3.05) is 39.3 Å². The SMILES string of the molecule is Cc1cc(-c2ccc(CN3CCC(N4CCN(C(=O)OC(C)(C)C)CC4)CC3)cc2)ccc1N=C/C(=C\N)C(=O)NCc1nc(C(C)(C)C(F)(F)F)n[nH]1. The van der Waals surface area contributed by atoms with E-state index in [2.05, 4.69) is 59.6 Å². The molecule has 2 saturated heterocycles. The van der Waals surface area contributed by atoms with Crippen LogP contribution < -0.4 is 11.1 Å².